The van der Waals surface area contributed by atoms with Crippen LogP contribution in [-0.2, 0) is 11.2 Å². The Morgan fingerprint density at radius 2 is 1.93 bits per heavy atom. The Balaban J connectivity index is 1.24. The second-order valence-corrected chi connectivity index (χ2v) is 10.8. The van der Waals surface area contributed by atoms with Crippen molar-refractivity contribution in [2.45, 2.75) is 46.1 Å². The van der Waals surface area contributed by atoms with E-state index in [-0.39, 0.29) is 6.10 Å². The number of hydrogen-bond acceptors (Lipinski definition) is 8. The number of ether oxygens (including phenoxy) is 2. The molecule has 1 aliphatic heterocycles. The number of rotatable bonds is 11. The SMILES string of the molecule is CCOc1ccccc1O[C@@H]1CCCN(c2cncc(Nc3ccn(-c4cccc(CC(C)(C)C(=O)O)c4)n3)n2)C1. The number of aromatic nitrogens is 4. The molecule has 0 amide bonds. The van der Waals surface area contributed by atoms with Crippen molar-refractivity contribution in [3.63, 3.8) is 0 Å². The van der Waals surface area contributed by atoms with Crippen LogP contribution in [0.3, 0.4) is 0 Å². The molecule has 0 aliphatic carbocycles. The van der Waals surface area contributed by atoms with Gasteiger partial charge in [-0.2, -0.15) is 5.10 Å². The summed E-state index contributed by atoms with van der Waals surface area (Å²) in [6.45, 7) is 7.57. The third-order valence-corrected chi connectivity index (χ3v) is 7.01. The van der Waals surface area contributed by atoms with E-state index < -0.39 is 11.4 Å². The average Bonchev–Trinajstić information content (AvgIpc) is 3.43. The van der Waals surface area contributed by atoms with Crippen LogP contribution < -0.4 is 19.7 Å². The Morgan fingerprint density at radius 3 is 2.73 bits per heavy atom. The third kappa shape index (κ3) is 6.95. The number of hydrogen-bond donors (Lipinski definition) is 2. The van der Waals surface area contributed by atoms with E-state index in [2.05, 4.69) is 20.3 Å². The maximum atomic E-state index is 11.6. The van der Waals surface area contributed by atoms with Gasteiger partial charge in [-0.15, -0.1) is 0 Å². The standard InChI is InChI=1S/C31H36N6O4/c1-4-40-25-12-5-6-13-26(25)41-24-11-8-15-36(21-24)29-20-32-19-28(34-29)33-27-14-16-37(35-27)23-10-7-9-22(17-23)18-31(2,3)30(38)39/h5-7,9-10,12-14,16-17,19-20,24H,4,8,11,15,18,21H2,1-3H3,(H,38,39)(H,33,34,35)/t24-/m1/s1. The second-order valence-electron chi connectivity index (χ2n) is 10.8. The van der Waals surface area contributed by atoms with Crippen molar-refractivity contribution in [2.24, 2.45) is 5.41 Å². The molecule has 10 heteroatoms. The van der Waals surface area contributed by atoms with Crippen molar-refractivity contribution in [1.82, 2.24) is 19.7 Å². The smallest absolute Gasteiger partial charge is 0.309 e. The Labute approximate surface area is 240 Å². The minimum atomic E-state index is -0.854. The van der Waals surface area contributed by atoms with Gasteiger partial charge in [-0.1, -0.05) is 24.3 Å². The molecule has 1 saturated heterocycles. The molecular weight excluding hydrogens is 520 g/mol. The van der Waals surface area contributed by atoms with E-state index in [0.29, 0.717) is 31.2 Å². The minimum absolute atomic E-state index is 0.0105. The number of piperidine rings is 1. The predicted molar refractivity (Wildman–Crippen MR) is 157 cm³/mol. The highest BCUT2D eigenvalue weighted by molar-refractivity contribution is 5.74. The zero-order valence-electron chi connectivity index (χ0n) is 23.7. The van der Waals surface area contributed by atoms with E-state index in [4.69, 9.17) is 14.5 Å². The fourth-order valence-electron chi connectivity index (χ4n) is 4.87. The largest absolute Gasteiger partial charge is 0.490 e. The number of nitrogens with zero attached hydrogens (tertiary/aromatic N) is 5. The van der Waals surface area contributed by atoms with Gasteiger partial charge in [0.05, 0.1) is 36.6 Å². The zero-order valence-corrected chi connectivity index (χ0v) is 23.7. The monoisotopic (exact) mass is 556 g/mol. The predicted octanol–water partition coefficient (Wildman–Crippen LogP) is 5.51. The molecule has 0 bridgehead atoms. The summed E-state index contributed by atoms with van der Waals surface area (Å²) < 4.78 is 13.8. The molecule has 4 aromatic rings. The molecule has 1 fully saturated rings. The topological polar surface area (TPSA) is 115 Å². The third-order valence-electron chi connectivity index (χ3n) is 7.01. The summed E-state index contributed by atoms with van der Waals surface area (Å²) in [5.41, 5.74) is 0.929. The van der Waals surface area contributed by atoms with Crippen molar-refractivity contribution in [3.05, 3.63) is 78.8 Å². The molecule has 3 heterocycles. The maximum absolute atomic E-state index is 11.6. The molecule has 2 aromatic carbocycles. The normalized spacial score (nSPS) is 15.4. The molecule has 41 heavy (non-hydrogen) atoms. The molecule has 1 aliphatic rings. The van der Waals surface area contributed by atoms with Gasteiger partial charge in [0.25, 0.3) is 0 Å². The van der Waals surface area contributed by atoms with Crippen LogP contribution in [0.25, 0.3) is 5.69 Å². The van der Waals surface area contributed by atoms with E-state index >= 15 is 0 Å². The lowest BCUT2D eigenvalue weighted by atomic mass is 9.86. The number of carboxylic acid groups (broad SMARTS) is 1. The van der Waals surface area contributed by atoms with Crippen molar-refractivity contribution in [1.29, 1.82) is 0 Å². The molecule has 0 spiro atoms. The van der Waals surface area contributed by atoms with Gasteiger partial charge in [0.2, 0.25) is 0 Å². The maximum Gasteiger partial charge on any atom is 0.309 e. The van der Waals surface area contributed by atoms with Gasteiger partial charge in [-0.25, -0.2) is 9.67 Å². The first-order valence-electron chi connectivity index (χ1n) is 13.9. The lowest BCUT2D eigenvalue weighted by molar-refractivity contribution is -0.146. The number of carbonyl (C=O) groups is 1. The highest BCUT2D eigenvalue weighted by atomic mass is 16.5. The van der Waals surface area contributed by atoms with Crippen LogP contribution in [0.4, 0.5) is 17.5 Å². The number of para-hydroxylation sites is 2. The molecule has 2 aromatic heterocycles. The molecule has 0 unspecified atom stereocenters. The summed E-state index contributed by atoms with van der Waals surface area (Å²) >= 11 is 0. The number of nitrogens with one attached hydrogen (secondary N) is 1. The summed E-state index contributed by atoms with van der Waals surface area (Å²) in [4.78, 5) is 23.0. The van der Waals surface area contributed by atoms with E-state index in [1.54, 1.807) is 30.9 Å². The quantitative estimate of drug-likeness (QED) is 0.247. The van der Waals surface area contributed by atoms with Gasteiger partial charge < -0.3 is 24.8 Å². The van der Waals surface area contributed by atoms with E-state index in [1.807, 2.05) is 67.7 Å². The van der Waals surface area contributed by atoms with E-state index in [0.717, 1.165) is 48.0 Å². The van der Waals surface area contributed by atoms with E-state index in [9.17, 15) is 9.90 Å². The Kier molecular flexibility index (Phi) is 8.37. The van der Waals surface area contributed by atoms with Crippen LogP contribution in [0.1, 0.15) is 39.2 Å². The molecule has 10 nitrogen and oxygen atoms in total. The second kappa shape index (κ2) is 12.3. The van der Waals surface area contributed by atoms with E-state index in [1.165, 1.54) is 0 Å². The van der Waals surface area contributed by atoms with Gasteiger partial charge in [0, 0.05) is 18.8 Å². The fourth-order valence-corrected chi connectivity index (χ4v) is 4.87. The number of aliphatic carboxylic acids is 1. The van der Waals surface area contributed by atoms with Gasteiger partial charge in [0.1, 0.15) is 11.9 Å². The summed E-state index contributed by atoms with van der Waals surface area (Å²) in [7, 11) is 0. The van der Waals surface area contributed by atoms with Crippen molar-refractivity contribution in [2.75, 3.05) is 29.9 Å². The van der Waals surface area contributed by atoms with Gasteiger partial charge in [-0.3, -0.25) is 9.78 Å². The lowest BCUT2D eigenvalue weighted by Crippen LogP contribution is -2.41. The van der Waals surface area contributed by atoms with Crippen LogP contribution in [0.15, 0.2) is 73.2 Å². The average molecular weight is 557 g/mol. The minimum Gasteiger partial charge on any atom is -0.490 e. The highest BCUT2D eigenvalue weighted by Crippen LogP contribution is 2.30. The first-order chi connectivity index (χ1) is 19.8. The van der Waals surface area contributed by atoms with Crippen molar-refractivity contribution >= 4 is 23.4 Å². The number of carboxylic acids is 1. The number of anilines is 3. The molecule has 2 N–H and O–H groups in total. The fraction of sp³-hybridized carbons (Fsp3) is 0.355. The molecule has 5 rings (SSSR count). The molecular formula is C31H36N6O4. The lowest BCUT2D eigenvalue weighted by Gasteiger charge is -2.33. The summed E-state index contributed by atoms with van der Waals surface area (Å²) in [6.07, 6.45) is 7.66. The Hall–Kier alpha value is -4.60. The molecule has 214 valence electrons. The van der Waals surface area contributed by atoms with Crippen LogP contribution in [0, 0.1) is 5.41 Å². The highest BCUT2D eigenvalue weighted by Gasteiger charge is 2.27. The van der Waals surface area contributed by atoms with Gasteiger partial charge >= 0.3 is 5.97 Å². The van der Waals surface area contributed by atoms with Gasteiger partial charge in [0.15, 0.2) is 23.1 Å². The van der Waals surface area contributed by atoms with Crippen LogP contribution in [-0.4, -0.2) is 56.6 Å². The van der Waals surface area contributed by atoms with Crippen molar-refractivity contribution in [3.8, 4) is 17.2 Å². The zero-order chi connectivity index (χ0) is 28.8. The van der Waals surface area contributed by atoms with Crippen LogP contribution in [0.2, 0.25) is 0 Å². The molecule has 0 radical (unpaired) electrons. The summed E-state index contributed by atoms with van der Waals surface area (Å²) in [5, 5.41) is 17.4. The Morgan fingerprint density at radius 1 is 1.10 bits per heavy atom. The number of benzene rings is 2. The molecule has 1 atom stereocenters. The Bertz CT molecular complexity index is 1490. The van der Waals surface area contributed by atoms with Crippen LogP contribution in [0.5, 0.6) is 11.5 Å². The first kappa shape index (κ1) is 27.9. The molecule has 0 saturated carbocycles. The summed E-state index contributed by atoms with van der Waals surface area (Å²) in [5.74, 6) is 2.68. The van der Waals surface area contributed by atoms with Crippen molar-refractivity contribution < 1.29 is 19.4 Å². The summed E-state index contributed by atoms with van der Waals surface area (Å²) in [6, 6.07) is 17.4. The van der Waals surface area contributed by atoms with Crippen LogP contribution >= 0.6 is 0 Å². The van der Waals surface area contributed by atoms with Gasteiger partial charge in [-0.05, 0) is 69.9 Å². The first-order valence-corrected chi connectivity index (χ1v) is 13.9.